The minimum Gasteiger partial charge on any atom is -1.00 e. The lowest BCUT2D eigenvalue weighted by atomic mass is 9.77. The molecule has 11 rings (SSSR count). The van der Waals surface area contributed by atoms with Gasteiger partial charge in [-0.05, 0) is 71.9 Å². The van der Waals surface area contributed by atoms with Crippen LogP contribution < -0.4 is 39.2 Å². The van der Waals surface area contributed by atoms with E-state index in [1.165, 1.54) is 28.0 Å². The van der Waals surface area contributed by atoms with Crippen molar-refractivity contribution < 1.29 is 71.6 Å². The summed E-state index contributed by atoms with van der Waals surface area (Å²) in [5.41, 5.74) is 2.27. The van der Waals surface area contributed by atoms with E-state index >= 15 is 14.4 Å². The number of pyridine rings is 1. The topological polar surface area (TPSA) is 179 Å². The lowest BCUT2D eigenvalue weighted by molar-refractivity contribution is -0.686. The van der Waals surface area contributed by atoms with Gasteiger partial charge in [-0.15, -0.1) is 23.1 Å². The van der Waals surface area contributed by atoms with Gasteiger partial charge in [0, 0.05) is 34.2 Å². The normalized spacial score (nSPS) is 15.5. The van der Waals surface area contributed by atoms with Crippen molar-refractivity contribution >= 4 is 86.8 Å². The summed E-state index contributed by atoms with van der Waals surface area (Å²) >= 11 is 8.15. The van der Waals surface area contributed by atoms with Crippen molar-refractivity contribution in [3.05, 3.63) is 310 Å². The van der Waals surface area contributed by atoms with Gasteiger partial charge in [0.25, 0.3) is 11.8 Å². The fourth-order valence-corrected chi connectivity index (χ4v) is 13.4. The number of hydrogen-bond acceptors (Lipinski definition) is 15. The van der Waals surface area contributed by atoms with Crippen LogP contribution in [0.5, 0.6) is 0 Å². The van der Waals surface area contributed by atoms with E-state index in [2.05, 4.69) is 22.4 Å². The summed E-state index contributed by atoms with van der Waals surface area (Å²) in [6, 6.07) is 70.7. The molecule has 1 saturated heterocycles. The first-order valence-corrected chi connectivity index (χ1v) is 31.2. The highest BCUT2D eigenvalue weighted by molar-refractivity contribution is 8.00. The molecule has 7 aromatic carbocycles. The first-order chi connectivity index (χ1) is 43.7. The number of thioether (sulfide) groups is 1. The number of thiazole rings is 1. The summed E-state index contributed by atoms with van der Waals surface area (Å²) in [6.07, 6.45) is 1.84. The molecule has 0 radical (unpaired) electrons. The number of ether oxygens (including phenoxy) is 3. The zero-order valence-electron chi connectivity index (χ0n) is 49.6. The van der Waals surface area contributed by atoms with Gasteiger partial charge in [0.2, 0.25) is 12.3 Å². The lowest BCUT2D eigenvalue weighted by Gasteiger charge is -2.55. The van der Waals surface area contributed by atoms with E-state index in [-0.39, 0.29) is 47.7 Å². The van der Waals surface area contributed by atoms with Crippen LogP contribution in [0.25, 0.3) is 5.57 Å². The van der Waals surface area contributed by atoms with Crippen LogP contribution in [0, 0.1) is 0 Å². The fourth-order valence-electron chi connectivity index (χ4n) is 10.8. The molecule has 2 N–H and O–H groups in total. The average Bonchev–Trinajstić information content (AvgIpc) is 1.04. The number of fused-ring (bicyclic) bond motifs is 1. The molecule has 2 aliphatic heterocycles. The third-order valence-electron chi connectivity index (χ3n) is 15.0. The van der Waals surface area contributed by atoms with Gasteiger partial charge in [-0.2, -0.15) is 4.57 Å². The maximum absolute atomic E-state index is 15.4. The Morgan fingerprint density at radius 1 is 0.703 bits per heavy atom. The van der Waals surface area contributed by atoms with Crippen molar-refractivity contribution in [1.29, 1.82) is 0 Å². The minimum atomic E-state index is -1.94. The SMILES string of the molecule is C=C(ON=C(C(=O)NC1(C=S)C(=O)N2C(C(=O)OC(c3ccccc3)c3ccccc3)=C(c3cc[n+](CC(=O)OC(c4ccccc4)c4ccccc4)cc3)CS[C@H]21)c1csc(NC(c2ccccc2)(c2ccccc2)c2ccccc2)n1)C(=O)OC(C)(C)C.[I-]. The Kier molecular flexibility index (Phi) is 20.3. The molecule has 0 bridgehead atoms. The van der Waals surface area contributed by atoms with E-state index in [0.717, 1.165) is 33.2 Å². The molecule has 1 fully saturated rings. The van der Waals surface area contributed by atoms with Gasteiger partial charge in [0.15, 0.2) is 41.0 Å². The van der Waals surface area contributed by atoms with Crippen LogP contribution in [-0.2, 0) is 55.1 Å². The first-order valence-electron chi connectivity index (χ1n) is 28.8. The highest BCUT2D eigenvalue weighted by Crippen LogP contribution is 2.49. The molecule has 4 heterocycles. The van der Waals surface area contributed by atoms with Gasteiger partial charge in [-0.1, -0.05) is 230 Å². The number of benzene rings is 7. The Labute approximate surface area is 557 Å². The number of amides is 2. The molecule has 91 heavy (non-hydrogen) atoms. The van der Waals surface area contributed by atoms with Crippen LogP contribution in [0.3, 0.4) is 0 Å². The number of aromatic nitrogens is 2. The Morgan fingerprint density at radius 2 is 1.15 bits per heavy atom. The number of rotatable bonds is 22. The molecule has 0 saturated carbocycles. The van der Waals surface area contributed by atoms with E-state index in [4.69, 9.17) is 36.3 Å². The van der Waals surface area contributed by atoms with Gasteiger partial charge in [0.1, 0.15) is 27.9 Å². The monoisotopic (exact) mass is 1380 g/mol. The third-order valence-corrected chi connectivity index (χ3v) is 17.5. The van der Waals surface area contributed by atoms with Gasteiger partial charge in [-0.3, -0.25) is 14.5 Å². The van der Waals surface area contributed by atoms with Crippen molar-refractivity contribution in [1.82, 2.24) is 15.2 Å². The summed E-state index contributed by atoms with van der Waals surface area (Å²) in [4.78, 5) is 84.8. The summed E-state index contributed by atoms with van der Waals surface area (Å²) in [5, 5.41) is 12.9. The van der Waals surface area contributed by atoms with Crippen LogP contribution >= 0.6 is 35.3 Å². The van der Waals surface area contributed by atoms with Crippen molar-refractivity contribution in [3.63, 3.8) is 0 Å². The van der Waals surface area contributed by atoms with Crippen LogP contribution in [0.2, 0.25) is 0 Å². The zero-order valence-corrected chi connectivity index (χ0v) is 54.2. The highest BCUT2D eigenvalue weighted by atomic mass is 127. The molecule has 15 nitrogen and oxygen atoms in total. The van der Waals surface area contributed by atoms with Crippen molar-refractivity contribution in [3.8, 4) is 0 Å². The Hall–Kier alpha value is -9.41. The van der Waals surface area contributed by atoms with Gasteiger partial charge in [0.05, 0.1) is 0 Å². The molecule has 0 spiro atoms. The van der Waals surface area contributed by atoms with Gasteiger partial charge >= 0.3 is 17.9 Å². The van der Waals surface area contributed by atoms with Crippen LogP contribution in [-0.4, -0.2) is 73.0 Å². The second kappa shape index (κ2) is 28.6. The second-order valence-electron chi connectivity index (χ2n) is 22.1. The van der Waals surface area contributed by atoms with Crippen molar-refractivity contribution in [2.45, 2.75) is 61.6 Å². The molecule has 9 aromatic rings. The second-order valence-corrected chi connectivity index (χ2v) is 24.3. The van der Waals surface area contributed by atoms with Gasteiger partial charge in [-0.25, -0.2) is 19.4 Å². The number of oxime groups is 1. The van der Waals surface area contributed by atoms with E-state index < -0.39 is 75.5 Å². The highest BCUT2D eigenvalue weighted by Gasteiger charge is 2.65. The Balaban J connectivity index is 0.00000909. The molecule has 2 atom stereocenters. The molecular weight excluding hydrogens is 1320 g/mol. The Bertz CT molecular complexity index is 3970. The summed E-state index contributed by atoms with van der Waals surface area (Å²) < 4.78 is 19.8. The number of β-lactam (4-membered cyclic amide) rings is 1. The van der Waals surface area contributed by atoms with E-state index in [1.807, 2.05) is 212 Å². The number of hydrogen-bond donors (Lipinski definition) is 2. The number of anilines is 1. The standard InChI is InChI=1S/C72H60N6O9S3.HI/c1-48(65(81)86-70(2,3)4)87-76-60(58-46-90-69(73-58)75-72(54-34-20-9-21-35-54,55-36-22-10-23-37-55)56-38-24-11-25-39-56)64(80)74-71(47-88)67(83)78-61(66(82)85-63(52-30-16-7-17-31-52)53-32-18-8-19-33-53)57(45-89-68(71)78)49-40-42-77(43-41-49)44-59(79)84-62(50-26-12-5-13-27-50)51-28-14-6-15-29-51;/h5-43,46-47,62-63,68H,1,44-45H2,2-4H3,(H-,73,74,75,80);1H/t68-,71?;/m0./s1. The van der Waals surface area contributed by atoms with Crippen LogP contribution in [0.1, 0.15) is 83.2 Å². The molecule has 2 amide bonds. The van der Waals surface area contributed by atoms with E-state index in [1.54, 1.807) is 55.2 Å². The number of halogens is 1. The predicted molar refractivity (Wildman–Crippen MR) is 350 cm³/mol. The van der Waals surface area contributed by atoms with Crippen molar-refractivity contribution in [2.24, 2.45) is 5.16 Å². The molecule has 2 aromatic heterocycles. The quantitative estimate of drug-likeness (QED) is 0.00561. The smallest absolute Gasteiger partial charge is 0.376 e. The Morgan fingerprint density at radius 3 is 1.60 bits per heavy atom. The lowest BCUT2D eigenvalue weighted by Crippen LogP contribution is -3.00. The largest absolute Gasteiger partial charge is 1.00 e. The molecular formula is C72H61IN6O9S3. The minimum absolute atomic E-state index is 0. The first kappa shape index (κ1) is 64.6. The molecule has 458 valence electrons. The number of nitrogens with one attached hydrogen (secondary N) is 2. The maximum atomic E-state index is 15.4. The van der Waals surface area contributed by atoms with E-state index in [0.29, 0.717) is 27.4 Å². The summed E-state index contributed by atoms with van der Waals surface area (Å²) in [6.45, 7) is 8.63. The number of thiocarbonyl (C=S) groups is 1. The van der Waals surface area contributed by atoms with Crippen molar-refractivity contribution in [2.75, 3.05) is 11.1 Å². The maximum Gasteiger partial charge on any atom is 0.376 e. The molecule has 0 aliphatic carbocycles. The van der Waals surface area contributed by atoms with E-state index in [9.17, 15) is 9.59 Å². The molecule has 19 heteroatoms. The average molecular weight is 1380 g/mol. The third kappa shape index (κ3) is 14.1. The fraction of sp³-hybridized carbons (Fsp3) is 0.153. The van der Waals surface area contributed by atoms with Crippen LogP contribution in [0.4, 0.5) is 5.13 Å². The van der Waals surface area contributed by atoms with Crippen LogP contribution in [0.15, 0.2) is 265 Å². The summed E-state index contributed by atoms with van der Waals surface area (Å²) in [7, 11) is 0. The number of carbonyl (C=O) groups excluding carboxylic acids is 5. The zero-order chi connectivity index (χ0) is 62.8. The number of esters is 3. The molecule has 1 unspecified atom stereocenters. The molecule has 2 aliphatic rings. The van der Waals surface area contributed by atoms with Gasteiger partial charge < -0.3 is 53.7 Å². The number of carbonyl (C=O) groups is 5. The summed E-state index contributed by atoms with van der Waals surface area (Å²) in [5.74, 6) is -4.37. The number of nitrogens with zero attached hydrogens (tertiary/aromatic N) is 4. The predicted octanol–water partition coefficient (Wildman–Crippen LogP) is 9.26.